The minimum absolute atomic E-state index is 0.0962. The fraction of sp³-hybridized carbons (Fsp3) is 0.533. The number of piperidine rings is 1. The summed E-state index contributed by atoms with van der Waals surface area (Å²) in [5.41, 5.74) is 2.04. The molecule has 0 aliphatic carbocycles. The molecule has 0 aromatic heterocycles. The van der Waals surface area contributed by atoms with Crippen LogP contribution in [0, 0.1) is 16.4 Å². The van der Waals surface area contributed by atoms with Crippen molar-refractivity contribution >= 4 is 34.2 Å². The quantitative estimate of drug-likeness (QED) is 0.827. The summed E-state index contributed by atoms with van der Waals surface area (Å²) in [7, 11) is 0. The van der Waals surface area contributed by atoms with Crippen molar-refractivity contribution in [3.05, 3.63) is 27.3 Å². The molecule has 0 spiro atoms. The predicted octanol–water partition coefficient (Wildman–Crippen LogP) is 3.27. The van der Waals surface area contributed by atoms with Gasteiger partial charge in [0.1, 0.15) is 0 Å². The van der Waals surface area contributed by atoms with Crippen LogP contribution in [0.2, 0.25) is 0 Å². The molecule has 1 amide bonds. The molecule has 1 aromatic carbocycles. The van der Waals surface area contributed by atoms with Crippen molar-refractivity contribution in [2.45, 2.75) is 26.7 Å². The van der Waals surface area contributed by atoms with Crippen LogP contribution in [0.3, 0.4) is 0 Å². The second-order valence-electron chi connectivity index (χ2n) is 5.47. The Balaban J connectivity index is 1.87. The smallest absolute Gasteiger partial charge is 0.238 e. The molecule has 104 valence electrons. The van der Waals surface area contributed by atoms with Crippen molar-refractivity contribution < 1.29 is 4.79 Å². The van der Waals surface area contributed by atoms with Gasteiger partial charge in [0.2, 0.25) is 5.91 Å². The van der Waals surface area contributed by atoms with Crippen molar-refractivity contribution in [2.24, 2.45) is 5.92 Å². The number of hydrogen-bond acceptors (Lipinski definition) is 2. The van der Waals surface area contributed by atoms with Gasteiger partial charge in [-0.15, -0.1) is 0 Å². The van der Waals surface area contributed by atoms with Gasteiger partial charge in [-0.1, -0.05) is 6.92 Å². The molecule has 3 nitrogen and oxygen atoms in total. The molecule has 1 N–H and O–H groups in total. The van der Waals surface area contributed by atoms with Crippen molar-refractivity contribution in [1.29, 1.82) is 0 Å². The maximum Gasteiger partial charge on any atom is 0.238 e. The highest BCUT2D eigenvalue weighted by atomic mass is 127. The first-order chi connectivity index (χ1) is 9.04. The minimum atomic E-state index is 0.0962. The Kier molecular flexibility index (Phi) is 5.21. The van der Waals surface area contributed by atoms with Gasteiger partial charge in [-0.05, 0) is 85.1 Å². The third-order valence-corrected chi connectivity index (χ3v) is 4.38. The summed E-state index contributed by atoms with van der Waals surface area (Å²) in [4.78, 5) is 14.3. The maximum absolute atomic E-state index is 12.0. The van der Waals surface area contributed by atoms with Crippen molar-refractivity contribution in [1.82, 2.24) is 4.90 Å². The van der Waals surface area contributed by atoms with E-state index in [0.29, 0.717) is 6.54 Å². The summed E-state index contributed by atoms with van der Waals surface area (Å²) in [5.74, 6) is 0.900. The Hall–Kier alpha value is -0.620. The normalized spacial score (nSPS) is 17.4. The molecule has 1 aliphatic heterocycles. The summed E-state index contributed by atoms with van der Waals surface area (Å²) in [6.07, 6.45) is 2.41. The van der Waals surface area contributed by atoms with E-state index in [1.165, 1.54) is 16.4 Å². The van der Waals surface area contributed by atoms with Gasteiger partial charge in [0, 0.05) is 9.26 Å². The highest BCUT2D eigenvalue weighted by Crippen LogP contribution is 2.18. The maximum atomic E-state index is 12.0. The number of likely N-dealkylation sites (tertiary alicyclic amines) is 1. The number of nitrogens with zero attached hydrogens (tertiary/aromatic N) is 1. The summed E-state index contributed by atoms with van der Waals surface area (Å²) >= 11 is 2.28. The molecule has 0 saturated carbocycles. The van der Waals surface area contributed by atoms with Gasteiger partial charge in [0.15, 0.2) is 0 Å². The molecule has 0 bridgehead atoms. The Morgan fingerprint density at radius 2 is 2.11 bits per heavy atom. The van der Waals surface area contributed by atoms with Crippen LogP contribution in [0.15, 0.2) is 18.2 Å². The molecule has 4 heteroatoms. The van der Waals surface area contributed by atoms with Gasteiger partial charge in [-0.3, -0.25) is 9.69 Å². The number of rotatable bonds is 3. The molecule has 0 unspecified atom stereocenters. The largest absolute Gasteiger partial charge is 0.325 e. The predicted molar refractivity (Wildman–Crippen MR) is 87.4 cm³/mol. The molecule has 1 saturated heterocycles. The van der Waals surface area contributed by atoms with Gasteiger partial charge >= 0.3 is 0 Å². The van der Waals surface area contributed by atoms with Crippen LogP contribution in [-0.2, 0) is 4.79 Å². The highest BCUT2D eigenvalue weighted by molar-refractivity contribution is 14.1. The van der Waals surface area contributed by atoms with Gasteiger partial charge in [-0.25, -0.2) is 0 Å². The summed E-state index contributed by atoms with van der Waals surface area (Å²) in [5, 5.41) is 3.01. The van der Waals surface area contributed by atoms with Crippen molar-refractivity contribution in [3.63, 3.8) is 0 Å². The molecule has 0 atom stereocenters. The monoisotopic (exact) mass is 372 g/mol. The molecule has 2 rings (SSSR count). The van der Waals surface area contributed by atoms with E-state index < -0.39 is 0 Å². The average Bonchev–Trinajstić information content (AvgIpc) is 2.36. The number of benzene rings is 1. The van der Waals surface area contributed by atoms with E-state index in [1.807, 2.05) is 19.1 Å². The number of carbonyl (C=O) groups is 1. The van der Waals surface area contributed by atoms with Crippen LogP contribution in [-0.4, -0.2) is 30.4 Å². The van der Waals surface area contributed by atoms with Gasteiger partial charge in [0.05, 0.1) is 6.54 Å². The fourth-order valence-electron chi connectivity index (χ4n) is 2.38. The second-order valence-corrected chi connectivity index (χ2v) is 6.71. The first-order valence-corrected chi connectivity index (χ1v) is 7.91. The third-order valence-electron chi connectivity index (χ3n) is 3.71. The van der Waals surface area contributed by atoms with E-state index in [9.17, 15) is 4.79 Å². The number of aryl methyl sites for hydroxylation is 1. The number of hydrogen-bond donors (Lipinski definition) is 1. The lowest BCUT2D eigenvalue weighted by Crippen LogP contribution is -2.38. The van der Waals surface area contributed by atoms with Gasteiger partial charge in [0.25, 0.3) is 0 Å². The molecule has 0 radical (unpaired) electrons. The third kappa shape index (κ3) is 4.45. The van der Waals surface area contributed by atoms with Gasteiger partial charge < -0.3 is 5.32 Å². The average molecular weight is 372 g/mol. The molecular weight excluding hydrogens is 351 g/mol. The lowest BCUT2D eigenvalue weighted by atomic mass is 9.99. The van der Waals surface area contributed by atoms with E-state index in [1.54, 1.807) is 0 Å². The number of nitrogens with one attached hydrogen (secondary N) is 1. The number of carbonyl (C=O) groups excluding carboxylic acids is 1. The van der Waals surface area contributed by atoms with Crippen LogP contribution in [0.25, 0.3) is 0 Å². The second kappa shape index (κ2) is 6.70. The fourth-order valence-corrected chi connectivity index (χ4v) is 3.03. The van der Waals surface area contributed by atoms with E-state index in [4.69, 9.17) is 0 Å². The minimum Gasteiger partial charge on any atom is -0.325 e. The molecule has 1 aliphatic rings. The zero-order valence-corrected chi connectivity index (χ0v) is 13.7. The summed E-state index contributed by atoms with van der Waals surface area (Å²) < 4.78 is 1.19. The molecule has 1 heterocycles. The van der Waals surface area contributed by atoms with E-state index in [2.05, 4.69) is 45.8 Å². The van der Waals surface area contributed by atoms with E-state index in [0.717, 1.165) is 30.3 Å². The number of anilines is 1. The Bertz CT molecular complexity index is 453. The lowest BCUT2D eigenvalue weighted by molar-refractivity contribution is -0.117. The lowest BCUT2D eigenvalue weighted by Gasteiger charge is -2.29. The van der Waals surface area contributed by atoms with Gasteiger partial charge in [-0.2, -0.15) is 0 Å². The van der Waals surface area contributed by atoms with Crippen LogP contribution in [0.4, 0.5) is 5.69 Å². The number of halogens is 1. The van der Waals surface area contributed by atoms with Crippen molar-refractivity contribution in [3.8, 4) is 0 Å². The molecular formula is C15H21IN2O. The van der Waals surface area contributed by atoms with Crippen LogP contribution in [0.5, 0.6) is 0 Å². The Labute approximate surface area is 128 Å². The highest BCUT2D eigenvalue weighted by Gasteiger charge is 2.18. The van der Waals surface area contributed by atoms with Crippen molar-refractivity contribution in [2.75, 3.05) is 25.0 Å². The zero-order chi connectivity index (χ0) is 13.8. The summed E-state index contributed by atoms with van der Waals surface area (Å²) in [6.45, 7) is 6.91. The van der Waals surface area contributed by atoms with Crippen LogP contribution >= 0.6 is 22.6 Å². The topological polar surface area (TPSA) is 32.3 Å². The van der Waals surface area contributed by atoms with E-state index in [-0.39, 0.29) is 5.91 Å². The number of amides is 1. The van der Waals surface area contributed by atoms with Crippen LogP contribution < -0.4 is 5.32 Å². The Morgan fingerprint density at radius 1 is 1.42 bits per heavy atom. The standard InChI is InChI=1S/C15H21IN2O/c1-11-5-7-18(8-6-11)10-15(19)17-14-4-3-13(16)9-12(14)2/h3-4,9,11H,5-8,10H2,1-2H3,(H,17,19). The summed E-state index contributed by atoms with van der Waals surface area (Å²) in [6, 6.07) is 6.08. The first-order valence-electron chi connectivity index (χ1n) is 6.83. The Morgan fingerprint density at radius 3 is 2.74 bits per heavy atom. The SMILES string of the molecule is Cc1cc(I)ccc1NC(=O)CN1CCC(C)CC1. The zero-order valence-electron chi connectivity index (χ0n) is 11.6. The first kappa shape index (κ1) is 14.8. The molecule has 1 aromatic rings. The van der Waals surface area contributed by atoms with E-state index >= 15 is 0 Å². The molecule has 19 heavy (non-hydrogen) atoms. The molecule has 1 fully saturated rings. The van der Waals surface area contributed by atoms with Crippen LogP contribution in [0.1, 0.15) is 25.3 Å².